The van der Waals surface area contributed by atoms with Gasteiger partial charge >= 0.3 is 0 Å². The molecule has 0 N–H and O–H groups in total. The van der Waals surface area contributed by atoms with Crippen LogP contribution in [0.25, 0.3) is 0 Å². The largest absolute Gasteiger partial charge is 0.335 e. The Morgan fingerprint density at radius 2 is 2.16 bits per heavy atom. The molecule has 0 unspecified atom stereocenters. The van der Waals surface area contributed by atoms with Crippen molar-refractivity contribution in [3.8, 4) is 0 Å². The summed E-state index contributed by atoms with van der Waals surface area (Å²) in [5.74, 6) is 1.25. The maximum atomic E-state index is 11.7. The van der Waals surface area contributed by atoms with Gasteiger partial charge in [0, 0.05) is 37.3 Å². The van der Waals surface area contributed by atoms with Crippen molar-refractivity contribution in [2.24, 2.45) is 0 Å². The van der Waals surface area contributed by atoms with Crippen LogP contribution in [0.3, 0.4) is 0 Å². The number of ketones is 1. The second-order valence-electron chi connectivity index (χ2n) is 4.69. The standard InChI is InChI=1S/C16H20N2O/c1-3-9-18-10-8-17-16(18)12-13-6-5-7-14(11-13)15(19)4-2/h5-8,10-11H,3-4,9,12H2,1-2H3. The third kappa shape index (κ3) is 3.31. The number of nitrogens with zero attached hydrogens (tertiary/aromatic N) is 2. The first kappa shape index (κ1) is 13.5. The molecule has 0 aliphatic heterocycles. The summed E-state index contributed by atoms with van der Waals surface area (Å²) >= 11 is 0. The van der Waals surface area contributed by atoms with Crippen molar-refractivity contribution in [3.05, 3.63) is 53.6 Å². The number of carbonyl (C=O) groups is 1. The number of Topliss-reactive ketones (excluding diaryl/α,β-unsaturated/α-hetero) is 1. The molecule has 1 aromatic carbocycles. The van der Waals surface area contributed by atoms with Gasteiger partial charge in [-0.1, -0.05) is 32.0 Å². The Kier molecular flexibility index (Phi) is 4.50. The fraction of sp³-hybridized carbons (Fsp3) is 0.375. The highest BCUT2D eigenvalue weighted by Crippen LogP contribution is 2.12. The predicted molar refractivity (Wildman–Crippen MR) is 76.4 cm³/mol. The molecule has 0 aliphatic rings. The van der Waals surface area contributed by atoms with E-state index in [1.165, 1.54) is 0 Å². The van der Waals surface area contributed by atoms with Gasteiger partial charge in [0.05, 0.1) is 0 Å². The summed E-state index contributed by atoms with van der Waals surface area (Å²) in [5, 5.41) is 0. The first-order valence-electron chi connectivity index (χ1n) is 6.86. The average molecular weight is 256 g/mol. The van der Waals surface area contributed by atoms with Crippen LogP contribution in [0.4, 0.5) is 0 Å². The average Bonchev–Trinajstić information content (AvgIpc) is 2.86. The van der Waals surface area contributed by atoms with E-state index in [4.69, 9.17) is 0 Å². The van der Waals surface area contributed by atoms with Gasteiger partial charge in [-0.25, -0.2) is 4.98 Å². The third-order valence-corrected chi connectivity index (χ3v) is 3.20. The van der Waals surface area contributed by atoms with Crippen LogP contribution in [0.2, 0.25) is 0 Å². The first-order valence-corrected chi connectivity index (χ1v) is 6.86. The molecule has 3 heteroatoms. The summed E-state index contributed by atoms with van der Waals surface area (Å²) in [5.41, 5.74) is 1.94. The lowest BCUT2D eigenvalue weighted by molar-refractivity contribution is 0.0988. The summed E-state index contributed by atoms with van der Waals surface area (Å²) in [6.07, 6.45) is 6.27. The molecular formula is C16H20N2O. The molecule has 0 saturated carbocycles. The van der Waals surface area contributed by atoms with Crippen LogP contribution in [-0.4, -0.2) is 15.3 Å². The lowest BCUT2D eigenvalue weighted by Crippen LogP contribution is -2.04. The minimum atomic E-state index is 0.193. The molecule has 0 atom stereocenters. The topological polar surface area (TPSA) is 34.9 Å². The second kappa shape index (κ2) is 6.32. The predicted octanol–water partition coefficient (Wildman–Crippen LogP) is 3.48. The van der Waals surface area contributed by atoms with Crippen molar-refractivity contribution in [3.63, 3.8) is 0 Å². The maximum absolute atomic E-state index is 11.7. The van der Waals surface area contributed by atoms with E-state index in [0.717, 1.165) is 36.3 Å². The van der Waals surface area contributed by atoms with Crippen molar-refractivity contribution in [1.29, 1.82) is 0 Å². The summed E-state index contributed by atoms with van der Waals surface area (Å²) in [7, 11) is 0. The molecule has 0 fully saturated rings. The maximum Gasteiger partial charge on any atom is 0.162 e. The van der Waals surface area contributed by atoms with Gasteiger partial charge in [-0.2, -0.15) is 0 Å². The normalized spacial score (nSPS) is 10.6. The zero-order valence-corrected chi connectivity index (χ0v) is 11.6. The number of aromatic nitrogens is 2. The van der Waals surface area contributed by atoms with Gasteiger partial charge in [-0.05, 0) is 18.1 Å². The minimum absolute atomic E-state index is 0.193. The van der Waals surface area contributed by atoms with Gasteiger partial charge in [-0.3, -0.25) is 4.79 Å². The molecule has 2 aromatic rings. The van der Waals surface area contributed by atoms with Crippen molar-refractivity contribution in [2.75, 3.05) is 0 Å². The molecular weight excluding hydrogens is 236 g/mol. The number of carbonyl (C=O) groups excluding carboxylic acids is 1. The van der Waals surface area contributed by atoms with Gasteiger partial charge in [0.25, 0.3) is 0 Å². The van der Waals surface area contributed by atoms with Crippen LogP contribution in [0.15, 0.2) is 36.7 Å². The first-order chi connectivity index (χ1) is 9.24. The fourth-order valence-corrected chi connectivity index (χ4v) is 2.19. The molecule has 0 bridgehead atoms. The van der Waals surface area contributed by atoms with E-state index >= 15 is 0 Å². The molecule has 1 aromatic heterocycles. The third-order valence-electron chi connectivity index (χ3n) is 3.20. The molecule has 0 radical (unpaired) electrons. The van der Waals surface area contributed by atoms with Crippen LogP contribution in [0.5, 0.6) is 0 Å². The van der Waals surface area contributed by atoms with Crippen LogP contribution in [0, 0.1) is 0 Å². The summed E-state index contributed by atoms with van der Waals surface area (Å²) < 4.78 is 2.17. The quantitative estimate of drug-likeness (QED) is 0.742. The molecule has 3 nitrogen and oxygen atoms in total. The molecule has 1 heterocycles. The molecule has 100 valence electrons. The smallest absolute Gasteiger partial charge is 0.162 e. The Hall–Kier alpha value is -1.90. The number of aryl methyl sites for hydroxylation is 1. The van der Waals surface area contributed by atoms with Crippen molar-refractivity contribution >= 4 is 5.78 Å². The fourth-order valence-electron chi connectivity index (χ4n) is 2.19. The molecule has 0 amide bonds. The monoisotopic (exact) mass is 256 g/mol. The minimum Gasteiger partial charge on any atom is -0.335 e. The Labute approximate surface area is 114 Å². The van der Waals surface area contributed by atoms with Crippen molar-refractivity contribution < 1.29 is 4.79 Å². The summed E-state index contributed by atoms with van der Waals surface area (Å²) in [6, 6.07) is 7.87. The van der Waals surface area contributed by atoms with Gasteiger partial charge in [0.1, 0.15) is 5.82 Å². The number of rotatable bonds is 6. The van der Waals surface area contributed by atoms with Crippen molar-refractivity contribution in [2.45, 2.75) is 39.7 Å². The van der Waals surface area contributed by atoms with E-state index in [1.54, 1.807) is 0 Å². The Morgan fingerprint density at radius 3 is 2.89 bits per heavy atom. The van der Waals surface area contributed by atoms with Crippen molar-refractivity contribution in [1.82, 2.24) is 9.55 Å². The van der Waals surface area contributed by atoms with Crippen LogP contribution < -0.4 is 0 Å². The number of hydrogen-bond donors (Lipinski definition) is 0. The molecule has 0 spiro atoms. The number of imidazole rings is 1. The lowest BCUT2D eigenvalue weighted by Gasteiger charge is -2.07. The Morgan fingerprint density at radius 1 is 1.32 bits per heavy atom. The van der Waals surface area contributed by atoms with Gasteiger partial charge in [-0.15, -0.1) is 0 Å². The highest BCUT2D eigenvalue weighted by molar-refractivity contribution is 5.95. The van der Waals surface area contributed by atoms with E-state index in [1.807, 2.05) is 37.5 Å². The zero-order valence-electron chi connectivity index (χ0n) is 11.6. The van der Waals surface area contributed by atoms with E-state index in [2.05, 4.69) is 22.5 Å². The van der Waals surface area contributed by atoms with E-state index in [9.17, 15) is 4.79 Å². The highest BCUT2D eigenvalue weighted by atomic mass is 16.1. The number of benzene rings is 1. The molecule has 19 heavy (non-hydrogen) atoms. The molecule has 0 aliphatic carbocycles. The highest BCUT2D eigenvalue weighted by Gasteiger charge is 2.07. The van der Waals surface area contributed by atoms with Crippen LogP contribution >= 0.6 is 0 Å². The summed E-state index contributed by atoms with van der Waals surface area (Å²) in [6.45, 7) is 5.04. The van der Waals surface area contributed by atoms with Crippen LogP contribution in [-0.2, 0) is 13.0 Å². The van der Waals surface area contributed by atoms with E-state index in [-0.39, 0.29) is 5.78 Å². The van der Waals surface area contributed by atoms with E-state index in [0.29, 0.717) is 6.42 Å². The van der Waals surface area contributed by atoms with E-state index < -0.39 is 0 Å². The molecule has 2 rings (SSSR count). The lowest BCUT2D eigenvalue weighted by atomic mass is 10.0. The zero-order chi connectivity index (χ0) is 13.7. The Bertz CT molecular complexity index is 557. The van der Waals surface area contributed by atoms with Gasteiger partial charge in [0.2, 0.25) is 0 Å². The van der Waals surface area contributed by atoms with Gasteiger partial charge in [0.15, 0.2) is 5.78 Å². The Balaban J connectivity index is 2.18. The molecule has 0 saturated heterocycles. The van der Waals surface area contributed by atoms with Crippen LogP contribution in [0.1, 0.15) is 48.4 Å². The summed E-state index contributed by atoms with van der Waals surface area (Å²) in [4.78, 5) is 16.1. The SMILES string of the molecule is CCCn1ccnc1Cc1cccc(C(=O)CC)c1. The second-order valence-corrected chi connectivity index (χ2v) is 4.69. The van der Waals surface area contributed by atoms with Gasteiger partial charge < -0.3 is 4.57 Å². The number of hydrogen-bond acceptors (Lipinski definition) is 2.